The molecule has 0 fully saturated rings. The molecule has 0 saturated carbocycles. The first kappa shape index (κ1) is 24.7. The number of anilines is 1. The summed E-state index contributed by atoms with van der Waals surface area (Å²) in [6, 6.07) is 18.9. The van der Waals surface area contributed by atoms with E-state index in [2.05, 4.69) is 100 Å². The van der Waals surface area contributed by atoms with E-state index in [4.69, 9.17) is 4.74 Å². The Hall–Kier alpha value is -2.55. The predicted molar refractivity (Wildman–Crippen MR) is 132 cm³/mol. The minimum Gasteiger partial charge on any atom is -0.464 e. The highest BCUT2D eigenvalue weighted by atomic mass is 16.5. The van der Waals surface area contributed by atoms with E-state index in [1.54, 1.807) is 0 Å². The Labute approximate surface area is 189 Å². The van der Waals surface area contributed by atoms with Crippen molar-refractivity contribution in [1.29, 1.82) is 0 Å². The second kappa shape index (κ2) is 11.7. The fourth-order valence-corrected chi connectivity index (χ4v) is 3.57. The average molecular weight is 422 g/mol. The van der Waals surface area contributed by atoms with E-state index in [9.17, 15) is 4.79 Å². The van der Waals surface area contributed by atoms with Gasteiger partial charge in [0.25, 0.3) is 0 Å². The van der Waals surface area contributed by atoms with Crippen LogP contribution < -0.4 is 4.90 Å². The topological polar surface area (TPSA) is 29.5 Å². The van der Waals surface area contributed by atoms with Crippen molar-refractivity contribution < 1.29 is 9.53 Å². The number of hydrogen-bond donors (Lipinski definition) is 0. The number of hydrogen-bond acceptors (Lipinski definition) is 3. The van der Waals surface area contributed by atoms with Gasteiger partial charge in [-0.1, -0.05) is 89.2 Å². The van der Waals surface area contributed by atoms with Crippen molar-refractivity contribution in [3.05, 3.63) is 71.8 Å². The van der Waals surface area contributed by atoms with Crippen molar-refractivity contribution in [3.63, 3.8) is 0 Å². The minimum atomic E-state index is -0.0862. The molecule has 0 bridgehead atoms. The molecule has 0 radical (unpaired) electrons. The van der Waals surface area contributed by atoms with Gasteiger partial charge in [-0.15, -0.1) is 0 Å². The molecule has 0 amide bonds. The Kier molecular flexibility index (Phi) is 9.36. The summed E-state index contributed by atoms with van der Waals surface area (Å²) in [5.41, 5.74) is 3.52. The number of benzene rings is 2. The molecule has 0 aliphatic heterocycles. The molecular formula is C28H39NO2. The summed E-state index contributed by atoms with van der Waals surface area (Å²) in [6.45, 7) is 11.7. The summed E-state index contributed by atoms with van der Waals surface area (Å²) in [6.07, 6.45) is 6.13. The van der Waals surface area contributed by atoms with Gasteiger partial charge in [-0.3, -0.25) is 4.79 Å². The molecule has 0 aromatic heterocycles. The summed E-state index contributed by atoms with van der Waals surface area (Å²) in [4.78, 5) is 14.8. The molecule has 31 heavy (non-hydrogen) atoms. The van der Waals surface area contributed by atoms with Crippen LogP contribution in [0.4, 0.5) is 5.69 Å². The van der Waals surface area contributed by atoms with Gasteiger partial charge in [-0.25, -0.2) is 0 Å². The number of ether oxygens (including phenoxy) is 1. The van der Waals surface area contributed by atoms with Crippen molar-refractivity contribution in [2.45, 2.75) is 47.5 Å². The van der Waals surface area contributed by atoms with Crippen molar-refractivity contribution in [1.82, 2.24) is 0 Å². The van der Waals surface area contributed by atoms with Gasteiger partial charge >= 0.3 is 5.97 Å². The Morgan fingerprint density at radius 2 is 1.68 bits per heavy atom. The third kappa shape index (κ3) is 8.61. The fraction of sp³-hybridized carbons (Fsp3) is 0.464. The van der Waals surface area contributed by atoms with Crippen molar-refractivity contribution in [3.8, 4) is 0 Å². The highest BCUT2D eigenvalue weighted by molar-refractivity contribution is 5.73. The molecule has 0 saturated heterocycles. The summed E-state index contributed by atoms with van der Waals surface area (Å²) < 4.78 is 5.65. The van der Waals surface area contributed by atoms with Gasteiger partial charge in [-0.05, 0) is 47.4 Å². The van der Waals surface area contributed by atoms with E-state index in [0.29, 0.717) is 19.1 Å². The molecule has 0 N–H and O–H groups in total. The number of likely N-dealkylation sites (N-methyl/N-ethyl adjacent to an activating group) is 1. The summed E-state index contributed by atoms with van der Waals surface area (Å²) >= 11 is 0. The van der Waals surface area contributed by atoms with Gasteiger partial charge < -0.3 is 9.64 Å². The van der Waals surface area contributed by atoms with Crippen LogP contribution in [0.3, 0.4) is 0 Å². The lowest BCUT2D eigenvalue weighted by atomic mass is 9.76. The van der Waals surface area contributed by atoms with Gasteiger partial charge in [0, 0.05) is 12.7 Å². The quantitative estimate of drug-likeness (QED) is 0.403. The maximum absolute atomic E-state index is 12.6. The zero-order valence-corrected chi connectivity index (χ0v) is 20.1. The molecule has 1 unspecified atom stereocenters. The van der Waals surface area contributed by atoms with Crippen LogP contribution in [-0.4, -0.2) is 26.2 Å². The lowest BCUT2D eigenvalue weighted by Gasteiger charge is -2.30. The van der Waals surface area contributed by atoms with E-state index in [1.807, 2.05) is 13.1 Å². The van der Waals surface area contributed by atoms with E-state index in [-0.39, 0.29) is 17.3 Å². The Balaban J connectivity index is 1.82. The highest BCUT2D eigenvalue weighted by Gasteiger charge is 2.33. The second-order valence-corrected chi connectivity index (χ2v) is 9.82. The van der Waals surface area contributed by atoms with Gasteiger partial charge in [0.1, 0.15) is 6.61 Å². The number of allylic oxidation sites excluding steroid dienone is 1. The standard InChI is InChI=1S/C28H39NO2/c1-22(2)21-26(28(3,4)5)27(30)31-20-19-29(6)25-17-15-24(16-18-25)14-10-13-23-11-8-7-9-12-23/h7-12,14-18,22,26H,13,19-21H2,1-6H3/b14-10+. The molecule has 0 aliphatic carbocycles. The van der Waals surface area contributed by atoms with Gasteiger partial charge in [0.05, 0.1) is 12.5 Å². The molecule has 3 nitrogen and oxygen atoms in total. The number of rotatable bonds is 10. The Bertz CT molecular complexity index is 816. The lowest BCUT2D eigenvalue weighted by Crippen LogP contribution is -2.33. The van der Waals surface area contributed by atoms with E-state index in [1.165, 1.54) is 11.1 Å². The SMILES string of the molecule is CC(C)CC(C(=O)OCCN(C)c1ccc(/C=C/Cc2ccccc2)cc1)C(C)(C)C. The predicted octanol–water partition coefficient (Wildman–Crippen LogP) is 6.63. The van der Waals surface area contributed by atoms with Gasteiger partial charge in [0.2, 0.25) is 0 Å². The number of carbonyl (C=O) groups excluding carboxylic acids is 1. The van der Waals surface area contributed by atoms with Crippen molar-refractivity contribution in [2.24, 2.45) is 17.3 Å². The number of esters is 1. The van der Waals surface area contributed by atoms with Crippen LogP contribution >= 0.6 is 0 Å². The molecule has 1 atom stereocenters. The Morgan fingerprint density at radius 1 is 1.03 bits per heavy atom. The molecule has 2 aromatic carbocycles. The van der Waals surface area contributed by atoms with E-state index in [0.717, 1.165) is 18.5 Å². The molecule has 0 heterocycles. The van der Waals surface area contributed by atoms with E-state index < -0.39 is 0 Å². The van der Waals surface area contributed by atoms with Crippen LogP contribution in [0.5, 0.6) is 0 Å². The number of nitrogens with zero attached hydrogens (tertiary/aromatic N) is 1. The van der Waals surface area contributed by atoms with Crippen LogP contribution in [0.1, 0.15) is 52.2 Å². The first-order chi connectivity index (χ1) is 14.7. The zero-order chi connectivity index (χ0) is 22.9. The second-order valence-electron chi connectivity index (χ2n) is 9.82. The van der Waals surface area contributed by atoms with Crippen LogP contribution in [0, 0.1) is 17.3 Å². The molecular weight excluding hydrogens is 382 g/mol. The van der Waals surface area contributed by atoms with Crippen LogP contribution in [0.25, 0.3) is 6.08 Å². The summed E-state index contributed by atoms with van der Waals surface area (Å²) in [7, 11) is 2.03. The minimum absolute atomic E-state index is 0.0697. The summed E-state index contributed by atoms with van der Waals surface area (Å²) in [5, 5.41) is 0. The van der Waals surface area contributed by atoms with Crippen LogP contribution in [0.15, 0.2) is 60.7 Å². The normalized spacial score (nSPS) is 12.9. The molecule has 2 aromatic rings. The third-order valence-electron chi connectivity index (χ3n) is 5.55. The van der Waals surface area contributed by atoms with Crippen molar-refractivity contribution >= 4 is 17.7 Å². The first-order valence-corrected chi connectivity index (χ1v) is 11.3. The molecule has 168 valence electrons. The highest BCUT2D eigenvalue weighted by Crippen LogP contribution is 2.32. The maximum Gasteiger partial charge on any atom is 0.309 e. The van der Waals surface area contributed by atoms with Gasteiger partial charge in [0.15, 0.2) is 0 Å². The first-order valence-electron chi connectivity index (χ1n) is 11.3. The van der Waals surface area contributed by atoms with Crippen molar-refractivity contribution in [2.75, 3.05) is 25.1 Å². The Morgan fingerprint density at radius 3 is 2.26 bits per heavy atom. The monoisotopic (exact) mass is 421 g/mol. The van der Waals surface area contributed by atoms with Gasteiger partial charge in [-0.2, -0.15) is 0 Å². The lowest BCUT2D eigenvalue weighted by molar-refractivity contribution is -0.152. The van der Waals surface area contributed by atoms with Crippen LogP contribution in [-0.2, 0) is 16.0 Å². The molecule has 0 spiro atoms. The largest absolute Gasteiger partial charge is 0.464 e. The smallest absolute Gasteiger partial charge is 0.309 e. The fourth-order valence-electron chi connectivity index (χ4n) is 3.57. The molecule has 2 rings (SSSR count). The third-order valence-corrected chi connectivity index (χ3v) is 5.55. The van der Waals surface area contributed by atoms with E-state index >= 15 is 0 Å². The molecule has 3 heteroatoms. The average Bonchev–Trinajstić information content (AvgIpc) is 2.72. The molecule has 0 aliphatic rings. The zero-order valence-electron chi connectivity index (χ0n) is 20.1. The number of carbonyl (C=O) groups is 1. The van der Waals surface area contributed by atoms with Crippen LogP contribution in [0.2, 0.25) is 0 Å². The summed E-state index contributed by atoms with van der Waals surface area (Å²) in [5.74, 6) is 0.327. The maximum atomic E-state index is 12.6.